The van der Waals surface area contributed by atoms with Crippen molar-refractivity contribution >= 4 is 29.8 Å². The van der Waals surface area contributed by atoms with Gasteiger partial charge in [0.2, 0.25) is 0 Å². The maximum Gasteiger partial charge on any atom is 0.336 e. The summed E-state index contributed by atoms with van der Waals surface area (Å²) in [7, 11) is 0. The second-order valence-electron chi connectivity index (χ2n) is 5.45. The maximum absolute atomic E-state index is 12.6. The molecule has 1 unspecified atom stereocenters. The molecular formula is C17H18N4O2S. The lowest BCUT2D eigenvalue weighted by Crippen LogP contribution is -2.26. The predicted octanol–water partition coefficient (Wildman–Crippen LogP) is 3.12. The molecule has 1 aliphatic rings. The largest absolute Gasteiger partial charge is 0.463 e. The van der Waals surface area contributed by atoms with Gasteiger partial charge in [0, 0.05) is 11.3 Å². The summed E-state index contributed by atoms with van der Waals surface area (Å²) >= 11 is 5.11. The molecule has 0 amide bonds. The molecule has 2 heterocycles. The molecule has 1 aromatic heterocycles. The number of nitrogens with two attached hydrogens (primary N) is 1. The summed E-state index contributed by atoms with van der Waals surface area (Å²) in [5.41, 5.74) is 9.01. The summed E-state index contributed by atoms with van der Waals surface area (Å²) in [5.74, 6) is 0.209. The Bertz CT molecular complexity index is 874. The molecule has 0 spiro atoms. The number of fused-ring (bicyclic) bond motifs is 1. The van der Waals surface area contributed by atoms with Crippen LogP contribution in [-0.2, 0) is 9.53 Å². The van der Waals surface area contributed by atoms with Crippen LogP contribution in [0.1, 0.15) is 30.9 Å². The van der Waals surface area contributed by atoms with Crippen LogP contribution in [0.25, 0.3) is 0 Å². The van der Waals surface area contributed by atoms with Crippen LogP contribution in [0.3, 0.4) is 0 Å². The molecule has 2 aromatic rings. The molecule has 0 saturated heterocycles. The Balaban J connectivity index is 2.26. The van der Waals surface area contributed by atoms with E-state index in [9.17, 15) is 4.79 Å². The van der Waals surface area contributed by atoms with Gasteiger partial charge in [0.15, 0.2) is 4.77 Å². The van der Waals surface area contributed by atoms with E-state index in [0.29, 0.717) is 35.1 Å². The molecule has 1 aromatic carbocycles. The number of benzene rings is 1. The van der Waals surface area contributed by atoms with Gasteiger partial charge in [0.05, 0.1) is 18.1 Å². The number of carbonyl (C=O) groups is 1. The van der Waals surface area contributed by atoms with Gasteiger partial charge >= 0.3 is 5.97 Å². The number of anilines is 2. The molecule has 1 atom stereocenters. The summed E-state index contributed by atoms with van der Waals surface area (Å²) in [4.78, 5) is 19.8. The lowest BCUT2D eigenvalue weighted by atomic mass is 9.82. The Morgan fingerprint density at radius 1 is 1.38 bits per heavy atom. The number of aromatic nitrogens is 2. The van der Waals surface area contributed by atoms with Crippen molar-refractivity contribution in [1.82, 2.24) is 9.97 Å². The number of H-pyrrole nitrogens is 1. The van der Waals surface area contributed by atoms with Gasteiger partial charge in [-0.1, -0.05) is 30.3 Å². The molecule has 1 aliphatic heterocycles. The van der Waals surface area contributed by atoms with Crippen LogP contribution in [-0.4, -0.2) is 22.5 Å². The van der Waals surface area contributed by atoms with E-state index in [1.165, 1.54) is 0 Å². The van der Waals surface area contributed by atoms with Crippen molar-refractivity contribution in [2.75, 3.05) is 17.7 Å². The molecule has 0 fully saturated rings. The second-order valence-corrected chi connectivity index (χ2v) is 5.83. The molecule has 7 heteroatoms. The van der Waals surface area contributed by atoms with Crippen molar-refractivity contribution in [3.63, 3.8) is 0 Å². The zero-order chi connectivity index (χ0) is 17.3. The Morgan fingerprint density at radius 2 is 2.08 bits per heavy atom. The van der Waals surface area contributed by atoms with Crippen LogP contribution < -0.4 is 11.1 Å². The van der Waals surface area contributed by atoms with Gasteiger partial charge in [-0.3, -0.25) is 0 Å². The SMILES string of the molecule is CCOC(=O)C1=C(C)Nc2nc(=S)[nH]c(N)c2C1c1ccccc1. The summed E-state index contributed by atoms with van der Waals surface area (Å²) in [6, 6.07) is 9.67. The Morgan fingerprint density at radius 3 is 2.75 bits per heavy atom. The smallest absolute Gasteiger partial charge is 0.336 e. The molecule has 6 nitrogen and oxygen atoms in total. The van der Waals surface area contributed by atoms with E-state index in [1.807, 2.05) is 37.3 Å². The van der Waals surface area contributed by atoms with Crippen LogP contribution >= 0.6 is 12.2 Å². The first-order valence-corrected chi connectivity index (χ1v) is 8.03. The number of nitrogens with one attached hydrogen (secondary N) is 2. The summed E-state index contributed by atoms with van der Waals surface area (Å²) in [6.45, 7) is 3.90. The van der Waals surface area contributed by atoms with Gasteiger partial charge in [-0.15, -0.1) is 0 Å². The molecule has 24 heavy (non-hydrogen) atoms. The molecular weight excluding hydrogens is 324 g/mol. The average Bonchev–Trinajstić information content (AvgIpc) is 2.54. The van der Waals surface area contributed by atoms with Crippen molar-refractivity contribution in [2.24, 2.45) is 0 Å². The highest BCUT2D eigenvalue weighted by atomic mass is 32.1. The highest BCUT2D eigenvalue weighted by molar-refractivity contribution is 7.71. The van der Waals surface area contributed by atoms with E-state index >= 15 is 0 Å². The molecule has 4 N–H and O–H groups in total. The highest BCUT2D eigenvalue weighted by Crippen LogP contribution is 2.43. The van der Waals surface area contributed by atoms with Crippen LogP contribution in [0, 0.1) is 4.77 Å². The number of aromatic amines is 1. The van der Waals surface area contributed by atoms with Crippen LogP contribution in [0.5, 0.6) is 0 Å². The fourth-order valence-corrected chi connectivity index (χ4v) is 3.15. The van der Waals surface area contributed by atoms with E-state index < -0.39 is 0 Å². The lowest BCUT2D eigenvalue weighted by molar-refractivity contribution is -0.138. The first-order valence-electron chi connectivity index (χ1n) is 7.62. The number of esters is 1. The van der Waals surface area contributed by atoms with E-state index in [4.69, 9.17) is 22.7 Å². The molecule has 0 aliphatic carbocycles. The Kier molecular flexibility index (Phi) is 4.35. The van der Waals surface area contributed by atoms with Gasteiger partial charge in [-0.25, -0.2) is 9.78 Å². The van der Waals surface area contributed by atoms with E-state index in [1.54, 1.807) is 6.92 Å². The van der Waals surface area contributed by atoms with Crippen molar-refractivity contribution in [3.05, 3.63) is 57.5 Å². The monoisotopic (exact) mass is 342 g/mol. The molecule has 124 valence electrons. The molecule has 0 saturated carbocycles. The number of rotatable bonds is 3. The van der Waals surface area contributed by atoms with Crippen LogP contribution in [0.15, 0.2) is 41.6 Å². The van der Waals surface area contributed by atoms with E-state index in [-0.39, 0.29) is 16.7 Å². The van der Waals surface area contributed by atoms with Crippen LogP contribution in [0.4, 0.5) is 11.6 Å². The molecule has 3 rings (SSSR count). The minimum atomic E-state index is -0.374. The lowest BCUT2D eigenvalue weighted by Gasteiger charge is -2.30. The van der Waals surface area contributed by atoms with Gasteiger partial charge in [-0.05, 0) is 31.6 Å². The van der Waals surface area contributed by atoms with Gasteiger partial charge in [0.25, 0.3) is 0 Å². The Labute approximate surface area is 144 Å². The second kappa shape index (κ2) is 6.45. The number of hydrogen-bond donors (Lipinski definition) is 3. The number of nitrogens with zero attached hydrogens (tertiary/aromatic N) is 1. The van der Waals surface area contributed by atoms with Crippen molar-refractivity contribution in [3.8, 4) is 0 Å². The number of allylic oxidation sites excluding steroid dienone is 1. The number of hydrogen-bond acceptors (Lipinski definition) is 6. The fraction of sp³-hybridized carbons (Fsp3) is 0.235. The average molecular weight is 342 g/mol. The predicted molar refractivity (Wildman–Crippen MR) is 95.1 cm³/mol. The minimum absolute atomic E-state index is 0.290. The third-order valence-electron chi connectivity index (χ3n) is 3.92. The number of nitrogen functional groups attached to an aromatic ring is 1. The molecule has 0 radical (unpaired) electrons. The van der Waals surface area contributed by atoms with E-state index in [2.05, 4.69) is 15.3 Å². The van der Waals surface area contributed by atoms with Gasteiger partial charge in [-0.2, -0.15) is 0 Å². The van der Waals surface area contributed by atoms with Crippen LogP contribution in [0.2, 0.25) is 0 Å². The fourth-order valence-electron chi connectivity index (χ4n) is 2.95. The van der Waals surface area contributed by atoms with Crippen molar-refractivity contribution in [1.29, 1.82) is 0 Å². The van der Waals surface area contributed by atoms with Crippen molar-refractivity contribution < 1.29 is 9.53 Å². The maximum atomic E-state index is 12.6. The zero-order valence-corrected chi connectivity index (χ0v) is 14.2. The van der Waals surface area contributed by atoms with Gasteiger partial charge in [0.1, 0.15) is 11.6 Å². The summed E-state index contributed by atoms with van der Waals surface area (Å²) in [6.07, 6.45) is 0. The van der Waals surface area contributed by atoms with Crippen molar-refractivity contribution in [2.45, 2.75) is 19.8 Å². The quantitative estimate of drug-likeness (QED) is 0.586. The highest BCUT2D eigenvalue weighted by Gasteiger charge is 2.35. The zero-order valence-electron chi connectivity index (χ0n) is 13.4. The third kappa shape index (κ3) is 2.78. The van der Waals surface area contributed by atoms with Gasteiger partial charge < -0.3 is 20.8 Å². The number of carbonyl (C=O) groups excluding carboxylic acids is 1. The molecule has 0 bridgehead atoms. The standard InChI is InChI=1S/C17H18N4O2S/c1-3-23-16(22)11-9(2)19-15-13(14(18)20-17(24)21-15)12(11)10-7-5-4-6-8-10/h4-8,12H,3H2,1-2H3,(H4,18,19,20,21,24). The minimum Gasteiger partial charge on any atom is -0.463 e. The normalized spacial score (nSPS) is 16.3. The first-order chi connectivity index (χ1) is 11.5. The van der Waals surface area contributed by atoms with E-state index in [0.717, 1.165) is 5.56 Å². The number of ether oxygens (including phenoxy) is 1. The first kappa shape index (κ1) is 16.2. The summed E-state index contributed by atoms with van der Waals surface area (Å²) < 4.78 is 5.54. The topological polar surface area (TPSA) is 93.0 Å². The Hall–Kier alpha value is -2.67. The third-order valence-corrected chi connectivity index (χ3v) is 4.11. The summed E-state index contributed by atoms with van der Waals surface area (Å²) in [5, 5.41) is 3.13.